The molecule has 0 bridgehead atoms. The average Bonchev–Trinajstić information content (AvgIpc) is 3.24. The van der Waals surface area contributed by atoms with Crippen molar-refractivity contribution in [3.63, 3.8) is 0 Å². The van der Waals surface area contributed by atoms with E-state index in [-0.39, 0.29) is 17.9 Å². The minimum absolute atomic E-state index is 0.205. The van der Waals surface area contributed by atoms with Crippen molar-refractivity contribution in [3.8, 4) is 0 Å². The van der Waals surface area contributed by atoms with Gasteiger partial charge in [-0.2, -0.15) is 0 Å². The number of unbranched alkanes of at least 4 members (excludes halogenated alkanes) is 22. The zero-order valence-corrected chi connectivity index (χ0v) is 27.4. The molecule has 240 valence electrons. The summed E-state index contributed by atoms with van der Waals surface area (Å²) in [6, 6.07) is 0. The highest BCUT2D eigenvalue weighted by Crippen LogP contribution is 2.28. The summed E-state index contributed by atoms with van der Waals surface area (Å²) in [6.07, 6.45) is 37.1. The molecule has 2 unspecified atom stereocenters. The van der Waals surface area contributed by atoms with Gasteiger partial charge < -0.3 is 9.47 Å². The molecule has 0 aromatic heterocycles. The van der Waals surface area contributed by atoms with E-state index in [9.17, 15) is 9.59 Å². The molecule has 0 aromatic rings. The van der Waals surface area contributed by atoms with Crippen LogP contribution in [-0.2, 0) is 19.1 Å². The maximum Gasteiger partial charge on any atom is 0.310 e. The molecule has 0 N–H and O–H groups in total. The highest BCUT2D eigenvalue weighted by atomic mass is 16.5. The smallest absolute Gasteiger partial charge is 0.310 e. The van der Waals surface area contributed by atoms with Gasteiger partial charge in [-0.1, -0.05) is 167 Å². The molecule has 0 amide bonds. The summed E-state index contributed by atoms with van der Waals surface area (Å²) in [7, 11) is 0. The second kappa shape index (κ2) is 28.8. The summed E-state index contributed by atoms with van der Waals surface area (Å²) in [4.78, 5) is 25.8. The van der Waals surface area contributed by atoms with Gasteiger partial charge in [0.15, 0.2) is 0 Å². The molecule has 0 aromatic carbocycles. The molecule has 1 aliphatic rings. The second-order valence-electron chi connectivity index (χ2n) is 12.6. The normalized spacial score (nSPS) is 16.9. The highest BCUT2D eigenvalue weighted by Gasteiger charge is 2.35. The third-order valence-electron chi connectivity index (χ3n) is 8.78. The zero-order chi connectivity index (χ0) is 29.6. The fourth-order valence-electron chi connectivity index (χ4n) is 5.99. The predicted octanol–water partition coefficient (Wildman–Crippen LogP) is 11.4. The molecule has 0 saturated heterocycles. The second-order valence-corrected chi connectivity index (χ2v) is 12.6. The molecular weight excluding hydrogens is 508 g/mol. The lowest BCUT2D eigenvalue weighted by molar-refractivity contribution is -0.161. The van der Waals surface area contributed by atoms with Crippen LogP contribution < -0.4 is 0 Å². The van der Waals surface area contributed by atoms with E-state index < -0.39 is 5.92 Å². The Bertz CT molecular complexity index is 628. The molecule has 1 rings (SSSR count). The topological polar surface area (TPSA) is 52.6 Å². The molecular formula is C37H68O4. The van der Waals surface area contributed by atoms with E-state index in [1.54, 1.807) is 0 Å². The summed E-state index contributed by atoms with van der Waals surface area (Å²) >= 11 is 0. The van der Waals surface area contributed by atoms with Crippen molar-refractivity contribution in [1.29, 1.82) is 0 Å². The van der Waals surface area contributed by atoms with E-state index in [4.69, 9.17) is 9.47 Å². The van der Waals surface area contributed by atoms with E-state index in [1.165, 1.54) is 128 Å². The number of hydrogen-bond acceptors (Lipinski definition) is 4. The summed E-state index contributed by atoms with van der Waals surface area (Å²) in [5.74, 6) is -1.20. The third kappa shape index (κ3) is 22.0. The molecule has 0 fully saturated rings. The van der Waals surface area contributed by atoms with Crippen LogP contribution in [-0.4, -0.2) is 25.2 Å². The highest BCUT2D eigenvalue weighted by molar-refractivity contribution is 5.82. The van der Waals surface area contributed by atoms with Crippen LogP contribution in [0, 0.1) is 11.8 Å². The Balaban J connectivity index is 2.09. The number of hydrogen-bond donors (Lipinski definition) is 0. The van der Waals surface area contributed by atoms with Crippen LogP contribution in [0.15, 0.2) is 12.2 Å². The molecule has 0 spiro atoms. The Morgan fingerprint density at radius 2 is 0.829 bits per heavy atom. The van der Waals surface area contributed by atoms with Gasteiger partial charge in [-0.25, -0.2) is 0 Å². The van der Waals surface area contributed by atoms with Gasteiger partial charge in [0.1, 0.15) is 0 Å². The Morgan fingerprint density at radius 3 is 1.22 bits per heavy atom. The molecule has 4 nitrogen and oxygen atoms in total. The van der Waals surface area contributed by atoms with Gasteiger partial charge in [-0.3, -0.25) is 9.59 Å². The first-order chi connectivity index (χ1) is 20.2. The van der Waals surface area contributed by atoms with Crippen LogP contribution in [0.3, 0.4) is 0 Å². The van der Waals surface area contributed by atoms with Gasteiger partial charge in [-0.15, -0.1) is 0 Å². The van der Waals surface area contributed by atoms with E-state index in [0.717, 1.165) is 32.1 Å². The van der Waals surface area contributed by atoms with Gasteiger partial charge in [0.05, 0.1) is 25.0 Å². The standard InChI is InChI=1S/C37H68O4/c1-3-5-7-9-11-13-15-17-19-21-23-28-32-40-36(38)34-30-26-25-27-31-35(34)37(39)41-33-29-24-22-20-18-16-14-12-10-8-6-4-2/h25-26,34-35H,3-24,27-33H2,1-2H3. The summed E-state index contributed by atoms with van der Waals surface area (Å²) < 4.78 is 11.3. The van der Waals surface area contributed by atoms with E-state index in [1.807, 2.05) is 6.08 Å². The van der Waals surface area contributed by atoms with Crippen molar-refractivity contribution in [2.75, 3.05) is 13.2 Å². The third-order valence-corrected chi connectivity index (χ3v) is 8.78. The van der Waals surface area contributed by atoms with Crippen LogP contribution in [0.4, 0.5) is 0 Å². The van der Waals surface area contributed by atoms with Gasteiger partial charge in [0, 0.05) is 0 Å². The van der Waals surface area contributed by atoms with Crippen molar-refractivity contribution in [2.24, 2.45) is 11.8 Å². The van der Waals surface area contributed by atoms with Crippen molar-refractivity contribution >= 4 is 11.9 Å². The Labute approximate surface area is 255 Å². The van der Waals surface area contributed by atoms with Crippen LogP contribution in [0.1, 0.15) is 187 Å². The summed E-state index contributed by atoms with van der Waals surface area (Å²) in [5.41, 5.74) is 0. The molecule has 2 atom stereocenters. The van der Waals surface area contributed by atoms with E-state index in [0.29, 0.717) is 26.1 Å². The quantitative estimate of drug-likeness (QED) is 0.0528. The molecule has 0 radical (unpaired) electrons. The first-order valence-electron chi connectivity index (χ1n) is 18.2. The fraction of sp³-hybridized carbons (Fsp3) is 0.892. The van der Waals surface area contributed by atoms with Crippen LogP contribution in [0.2, 0.25) is 0 Å². The first kappa shape index (κ1) is 37.7. The van der Waals surface area contributed by atoms with Crippen LogP contribution >= 0.6 is 0 Å². The van der Waals surface area contributed by atoms with Crippen molar-refractivity contribution < 1.29 is 19.1 Å². The number of esters is 2. The fourth-order valence-corrected chi connectivity index (χ4v) is 5.99. The SMILES string of the molecule is CCCCCCCCCCCCCCOC(=O)C1CC=CCCC1C(=O)OCCCCCCCCCCCCCC. The van der Waals surface area contributed by atoms with Gasteiger partial charge >= 0.3 is 11.9 Å². The Hall–Kier alpha value is -1.32. The van der Waals surface area contributed by atoms with E-state index >= 15 is 0 Å². The largest absolute Gasteiger partial charge is 0.465 e. The zero-order valence-electron chi connectivity index (χ0n) is 27.4. The molecule has 0 aliphatic heterocycles. The van der Waals surface area contributed by atoms with Crippen LogP contribution in [0.5, 0.6) is 0 Å². The van der Waals surface area contributed by atoms with Crippen LogP contribution in [0.25, 0.3) is 0 Å². The van der Waals surface area contributed by atoms with Crippen molar-refractivity contribution in [1.82, 2.24) is 0 Å². The summed E-state index contributed by atoms with van der Waals surface area (Å²) in [6.45, 7) is 5.48. The number of allylic oxidation sites excluding steroid dienone is 2. The number of carbonyl (C=O) groups excluding carboxylic acids is 2. The first-order valence-corrected chi connectivity index (χ1v) is 18.2. The molecule has 1 aliphatic carbocycles. The number of carbonyl (C=O) groups is 2. The Morgan fingerprint density at radius 1 is 0.488 bits per heavy atom. The lowest BCUT2D eigenvalue weighted by Crippen LogP contribution is -2.32. The molecule has 0 saturated carbocycles. The minimum atomic E-state index is -0.402. The molecule has 0 heterocycles. The Kier molecular flexibility index (Phi) is 26.5. The predicted molar refractivity (Wildman–Crippen MR) is 174 cm³/mol. The minimum Gasteiger partial charge on any atom is -0.465 e. The maximum atomic E-state index is 12.9. The van der Waals surface area contributed by atoms with Crippen molar-refractivity contribution in [3.05, 3.63) is 12.2 Å². The monoisotopic (exact) mass is 577 g/mol. The number of rotatable bonds is 28. The molecule has 41 heavy (non-hydrogen) atoms. The lowest BCUT2D eigenvalue weighted by Gasteiger charge is -2.22. The van der Waals surface area contributed by atoms with Gasteiger partial charge in [0.25, 0.3) is 0 Å². The lowest BCUT2D eigenvalue weighted by atomic mass is 9.88. The summed E-state index contributed by atoms with van der Waals surface area (Å²) in [5, 5.41) is 0. The van der Waals surface area contributed by atoms with Gasteiger partial charge in [0.2, 0.25) is 0 Å². The van der Waals surface area contributed by atoms with Gasteiger partial charge in [-0.05, 0) is 32.1 Å². The van der Waals surface area contributed by atoms with E-state index in [2.05, 4.69) is 19.9 Å². The molecule has 4 heteroatoms. The van der Waals surface area contributed by atoms with Crippen molar-refractivity contribution in [2.45, 2.75) is 187 Å². The number of ether oxygens (including phenoxy) is 2. The maximum absolute atomic E-state index is 12.9. The average molecular weight is 577 g/mol.